The fourth-order valence-electron chi connectivity index (χ4n) is 0.760. The first kappa shape index (κ1) is 8.70. The third-order valence-corrected chi connectivity index (χ3v) is 1.33. The van der Waals surface area contributed by atoms with Gasteiger partial charge >= 0.3 is 5.92 Å². The number of pyridine rings is 1. The van der Waals surface area contributed by atoms with Crippen molar-refractivity contribution in [2.75, 3.05) is 6.54 Å². The van der Waals surface area contributed by atoms with Gasteiger partial charge in [0.1, 0.15) is 5.69 Å². The van der Waals surface area contributed by atoms with Crippen LogP contribution in [0.15, 0.2) is 24.4 Å². The van der Waals surface area contributed by atoms with Crippen molar-refractivity contribution in [2.45, 2.75) is 5.92 Å². The molecule has 1 N–H and O–H groups in total. The van der Waals surface area contributed by atoms with Crippen LogP contribution in [0, 0.1) is 4.91 Å². The van der Waals surface area contributed by atoms with Gasteiger partial charge in [0.2, 0.25) is 0 Å². The SMILES string of the molecule is O=[NH+]CC(F)(F)c1ccccn1. The van der Waals surface area contributed by atoms with Gasteiger partial charge in [0.25, 0.3) is 6.54 Å². The summed E-state index contributed by atoms with van der Waals surface area (Å²) in [5.74, 6) is -3.19. The number of nitrogens with one attached hydrogen (secondary N) is 1. The normalized spacial score (nSPS) is 11.2. The topological polar surface area (TPSA) is 43.9 Å². The molecule has 1 aromatic rings. The predicted octanol–water partition coefficient (Wildman–Crippen LogP) is 0.0204. The van der Waals surface area contributed by atoms with E-state index >= 15 is 0 Å². The monoisotopic (exact) mass is 173 g/mol. The Morgan fingerprint density at radius 3 is 2.75 bits per heavy atom. The maximum Gasteiger partial charge on any atom is 0.350 e. The molecule has 0 saturated carbocycles. The van der Waals surface area contributed by atoms with Crippen LogP contribution in [0.5, 0.6) is 0 Å². The minimum Gasteiger partial charge on any atom is -0.255 e. The molecule has 0 aliphatic rings. The summed E-state index contributed by atoms with van der Waals surface area (Å²) in [6.45, 7) is -0.940. The van der Waals surface area contributed by atoms with Crippen LogP contribution in [0.3, 0.4) is 0 Å². The van der Waals surface area contributed by atoms with Gasteiger partial charge in [-0.05, 0) is 17.3 Å². The maximum absolute atomic E-state index is 12.8. The standard InChI is InChI=1S/C7H6F2N2O/c8-7(9,5-11-12)6-3-1-2-4-10-6/h1-4H,5H2/p+1. The molecule has 0 aliphatic heterocycles. The molecule has 0 amide bonds. The highest BCUT2D eigenvalue weighted by atomic mass is 19.3. The molecular weight excluding hydrogens is 166 g/mol. The fraction of sp³-hybridized carbons (Fsp3) is 0.286. The van der Waals surface area contributed by atoms with Gasteiger partial charge in [-0.15, -0.1) is 0 Å². The molecule has 0 aliphatic carbocycles. The van der Waals surface area contributed by atoms with E-state index in [4.69, 9.17) is 0 Å². The summed E-state index contributed by atoms with van der Waals surface area (Å²) >= 11 is 0. The molecule has 0 aromatic carbocycles. The van der Waals surface area contributed by atoms with Gasteiger partial charge in [-0.25, -0.2) is 0 Å². The van der Waals surface area contributed by atoms with Crippen LogP contribution in [0.1, 0.15) is 5.69 Å². The lowest BCUT2D eigenvalue weighted by molar-refractivity contribution is -0.510. The average Bonchev–Trinajstić information content (AvgIpc) is 2.06. The zero-order valence-corrected chi connectivity index (χ0v) is 6.13. The van der Waals surface area contributed by atoms with E-state index in [1.807, 2.05) is 0 Å². The van der Waals surface area contributed by atoms with E-state index < -0.39 is 18.2 Å². The molecule has 1 heterocycles. The number of nitrogens with zero attached hydrogens (tertiary/aromatic N) is 1. The number of hydrogen-bond acceptors (Lipinski definition) is 2. The number of aromatic nitrogens is 1. The van der Waals surface area contributed by atoms with Gasteiger partial charge in [0, 0.05) is 11.1 Å². The molecule has 3 nitrogen and oxygen atoms in total. The average molecular weight is 173 g/mol. The number of rotatable bonds is 3. The molecule has 1 rings (SSSR count). The minimum absolute atomic E-state index is 0.395. The Balaban J connectivity index is 2.89. The lowest BCUT2D eigenvalue weighted by Crippen LogP contribution is -2.68. The van der Waals surface area contributed by atoms with Crippen molar-refractivity contribution in [3.05, 3.63) is 35.0 Å². The van der Waals surface area contributed by atoms with Crippen molar-refractivity contribution in [3.8, 4) is 0 Å². The van der Waals surface area contributed by atoms with Crippen molar-refractivity contribution in [3.63, 3.8) is 0 Å². The number of nitroso groups, excluding NO2 is 1. The molecule has 0 atom stereocenters. The van der Waals surface area contributed by atoms with E-state index in [-0.39, 0.29) is 0 Å². The largest absolute Gasteiger partial charge is 0.350 e. The van der Waals surface area contributed by atoms with Crippen molar-refractivity contribution in [2.24, 2.45) is 0 Å². The van der Waals surface area contributed by atoms with E-state index in [0.29, 0.717) is 0 Å². The Hall–Kier alpha value is -1.39. The molecule has 0 fully saturated rings. The second kappa shape index (κ2) is 3.34. The summed E-state index contributed by atoms with van der Waals surface area (Å²) in [6.07, 6.45) is 1.26. The van der Waals surface area contributed by atoms with Crippen molar-refractivity contribution in [1.29, 1.82) is 0 Å². The zero-order chi connectivity index (χ0) is 9.03. The Morgan fingerprint density at radius 1 is 1.50 bits per heavy atom. The quantitative estimate of drug-likeness (QED) is 0.700. The van der Waals surface area contributed by atoms with Crippen molar-refractivity contribution in [1.82, 2.24) is 4.98 Å². The predicted molar refractivity (Wildman–Crippen MR) is 37.3 cm³/mol. The number of alkyl halides is 2. The highest BCUT2D eigenvalue weighted by molar-refractivity contribution is 5.09. The summed E-state index contributed by atoms with van der Waals surface area (Å²) < 4.78 is 25.7. The van der Waals surface area contributed by atoms with Gasteiger partial charge in [-0.1, -0.05) is 6.07 Å². The molecule has 0 spiro atoms. The third-order valence-electron chi connectivity index (χ3n) is 1.33. The Bertz CT molecular complexity index is 263. The molecule has 1 aromatic heterocycles. The van der Waals surface area contributed by atoms with E-state index in [9.17, 15) is 13.7 Å². The van der Waals surface area contributed by atoms with E-state index in [0.717, 1.165) is 0 Å². The first-order chi connectivity index (χ1) is 5.67. The summed E-state index contributed by atoms with van der Waals surface area (Å²) in [5.41, 5.74) is -0.395. The van der Waals surface area contributed by atoms with Crippen LogP contribution < -0.4 is 5.18 Å². The van der Waals surface area contributed by atoms with Crippen LogP contribution >= 0.6 is 0 Å². The molecule has 5 heteroatoms. The second-order valence-corrected chi connectivity index (χ2v) is 2.24. The number of hydrogen-bond donors (Lipinski definition) is 1. The van der Waals surface area contributed by atoms with Gasteiger partial charge in [-0.3, -0.25) is 4.98 Å². The van der Waals surface area contributed by atoms with Crippen molar-refractivity contribution >= 4 is 0 Å². The van der Waals surface area contributed by atoms with Gasteiger partial charge in [0.15, 0.2) is 0 Å². The van der Waals surface area contributed by atoms with Gasteiger partial charge in [0.05, 0.1) is 0 Å². The van der Waals surface area contributed by atoms with Crippen LogP contribution in [-0.2, 0) is 5.92 Å². The van der Waals surface area contributed by atoms with Gasteiger partial charge in [-0.2, -0.15) is 8.78 Å². The first-order valence-corrected chi connectivity index (χ1v) is 3.31. The smallest absolute Gasteiger partial charge is 0.255 e. The van der Waals surface area contributed by atoms with Crippen LogP contribution in [0.2, 0.25) is 0 Å². The maximum atomic E-state index is 12.8. The van der Waals surface area contributed by atoms with Crippen molar-refractivity contribution < 1.29 is 14.0 Å². The molecule has 0 saturated heterocycles. The van der Waals surface area contributed by atoms with E-state index in [1.54, 1.807) is 0 Å². The Morgan fingerprint density at radius 2 is 2.25 bits per heavy atom. The number of halogens is 2. The summed E-state index contributed by atoms with van der Waals surface area (Å²) in [6, 6.07) is 4.16. The Labute approximate surface area is 67.4 Å². The van der Waals surface area contributed by atoms with Gasteiger partial charge < -0.3 is 0 Å². The molecule has 12 heavy (non-hydrogen) atoms. The molecular formula is C7H7F2N2O+. The van der Waals surface area contributed by atoms with Crippen LogP contribution in [0.25, 0.3) is 0 Å². The van der Waals surface area contributed by atoms with Crippen LogP contribution in [0.4, 0.5) is 8.78 Å². The lowest BCUT2D eigenvalue weighted by Gasteiger charge is -2.07. The van der Waals surface area contributed by atoms with Crippen LogP contribution in [-0.4, -0.2) is 11.5 Å². The first-order valence-electron chi connectivity index (χ1n) is 3.31. The second-order valence-electron chi connectivity index (χ2n) is 2.24. The molecule has 0 bridgehead atoms. The molecule has 0 radical (unpaired) electrons. The summed E-state index contributed by atoms with van der Waals surface area (Å²) in [7, 11) is 0. The highest BCUT2D eigenvalue weighted by Crippen LogP contribution is 2.22. The van der Waals surface area contributed by atoms with E-state index in [2.05, 4.69) is 4.98 Å². The fourth-order valence-corrected chi connectivity index (χ4v) is 0.760. The van der Waals surface area contributed by atoms with E-state index in [1.165, 1.54) is 29.6 Å². The highest BCUT2D eigenvalue weighted by Gasteiger charge is 2.37. The lowest BCUT2D eigenvalue weighted by atomic mass is 10.2. The zero-order valence-electron chi connectivity index (χ0n) is 6.13. The molecule has 0 unspecified atom stereocenters. The minimum atomic E-state index is -3.19. The Kier molecular flexibility index (Phi) is 2.42. The molecule has 64 valence electrons. The third kappa shape index (κ3) is 1.81. The summed E-state index contributed by atoms with van der Waals surface area (Å²) in [4.78, 5) is 13.2. The summed E-state index contributed by atoms with van der Waals surface area (Å²) in [5, 5.41) is 1.17.